The van der Waals surface area contributed by atoms with Crippen LogP contribution in [-0.4, -0.2) is 36.2 Å². The van der Waals surface area contributed by atoms with Crippen LogP contribution in [0, 0.1) is 0 Å². The van der Waals surface area contributed by atoms with Crippen molar-refractivity contribution >= 4 is 15.9 Å². The second-order valence-electron chi connectivity index (χ2n) is 4.64. The van der Waals surface area contributed by atoms with Crippen LogP contribution in [0.15, 0.2) is 22.7 Å². The highest BCUT2D eigenvalue weighted by Gasteiger charge is 2.25. The number of nitrogens with one attached hydrogen (secondary N) is 1. The van der Waals surface area contributed by atoms with Crippen molar-refractivity contribution in [1.82, 2.24) is 10.2 Å². The van der Waals surface area contributed by atoms with Gasteiger partial charge in [0, 0.05) is 31.2 Å². The molecule has 1 saturated carbocycles. The molecule has 0 radical (unpaired) electrons. The van der Waals surface area contributed by atoms with E-state index in [1.807, 2.05) is 18.2 Å². The fourth-order valence-electron chi connectivity index (χ4n) is 1.88. The zero-order valence-electron chi connectivity index (χ0n) is 10.1. The van der Waals surface area contributed by atoms with E-state index in [2.05, 4.69) is 33.2 Å². The molecule has 1 aliphatic rings. The maximum atomic E-state index is 9.81. The maximum absolute atomic E-state index is 9.81. The van der Waals surface area contributed by atoms with E-state index in [1.165, 1.54) is 12.8 Å². The minimum absolute atomic E-state index is 0.343. The summed E-state index contributed by atoms with van der Waals surface area (Å²) in [7, 11) is 2.18. The van der Waals surface area contributed by atoms with Crippen LogP contribution in [0.4, 0.5) is 0 Å². The van der Waals surface area contributed by atoms with E-state index in [0.717, 1.165) is 29.2 Å². The molecule has 0 spiro atoms. The number of phenolic OH excluding ortho intramolecular Hbond substituents is 1. The predicted octanol–water partition coefficient (Wildman–Crippen LogP) is 2.34. The van der Waals surface area contributed by atoms with Crippen LogP contribution in [0.1, 0.15) is 18.4 Å². The number of nitrogens with zero attached hydrogens (tertiary/aromatic N) is 1. The van der Waals surface area contributed by atoms with Crippen LogP contribution in [0.2, 0.25) is 0 Å². The van der Waals surface area contributed by atoms with E-state index >= 15 is 0 Å². The molecule has 1 aromatic rings. The third-order valence-electron chi connectivity index (χ3n) is 3.20. The highest BCUT2D eigenvalue weighted by molar-refractivity contribution is 9.10. The highest BCUT2D eigenvalue weighted by Crippen LogP contribution is 2.27. The molecule has 0 amide bonds. The first-order valence-corrected chi connectivity index (χ1v) is 6.85. The van der Waals surface area contributed by atoms with Crippen LogP contribution in [0.25, 0.3) is 0 Å². The third-order valence-corrected chi connectivity index (χ3v) is 3.84. The standard InChI is InChI=1S/C13H19BrN2O/c1-16(11-5-6-11)8-7-15-9-10-3-2-4-12(14)13(10)17/h2-4,11,15,17H,5-9H2,1H3. The molecule has 17 heavy (non-hydrogen) atoms. The molecule has 0 aliphatic heterocycles. The number of aromatic hydroxyl groups is 1. The summed E-state index contributed by atoms with van der Waals surface area (Å²) in [6, 6.07) is 6.55. The normalized spacial score (nSPS) is 15.5. The van der Waals surface area contributed by atoms with Crippen LogP contribution < -0.4 is 5.32 Å². The fraction of sp³-hybridized carbons (Fsp3) is 0.538. The Kier molecular flexibility index (Phi) is 4.42. The first-order chi connectivity index (χ1) is 8.18. The molecule has 3 nitrogen and oxygen atoms in total. The molecular formula is C13H19BrN2O. The zero-order valence-corrected chi connectivity index (χ0v) is 11.7. The van der Waals surface area contributed by atoms with Crippen LogP contribution >= 0.6 is 15.9 Å². The number of rotatable bonds is 6. The maximum Gasteiger partial charge on any atom is 0.134 e. The van der Waals surface area contributed by atoms with E-state index in [0.29, 0.717) is 12.3 Å². The van der Waals surface area contributed by atoms with Crippen LogP contribution in [-0.2, 0) is 6.54 Å². The highest BCUT2D eigenvalue weighted by atomic mass is 79.9. The Bertz CT molecular complexity index is 380. The van der Waals surface area contributed by atoms with Gasteiger partial charge >= 0.3 is 0 Å². The monoisotopic (exact) mass is 298 g/mol. The van der Waals surface area contributed by atoms with Gasteiger partial charge in [-0.3, -0.25) is 0 Å². The Morgan fingerprint density at radius 1 is 1.47 bits per heavy atom. The molecule has 0 atom stereocenters. The van der Waals surface area contributed by atoms with Gasteiger partial charge in [-0.15, -0.1) is 0 Å². The fourth-order valence-corrected chi connectivity index (χ4v) is 2.29. The summed E-state index contributed by atoms with van der Waals surface area (Å²) in [5.41, 5.74) is 0.938. The van der Waals surface area contributed by atoms with Gasteiger partial charge in [-0.25, -0.2) is 0 Å². The van der Waals surface area contributed by atoms with Crippen molar-refractivity contribution in [2.45, 2.75) is 25.4 Å². The summed E-state index contributed by atoms with van der Waals surface area (Å²) in [6.07, 6.45) is 2.70. The number of phenols is 1. The Hall–Kier alpha value is -0.580. The van der Waals surface area contributed by atoms with E-state index in [1.54, 1.807) is 0 Å². The van der Waals surface area contributed by atoms with Gasteiger partial charge in [0.1, 0.15) is 5.75 Å². The molecule has 2 rings (SSSR count). The molecule has 1 aromatic carbocycles. The molecule has 1 aliphatic carbocycles. The number of hydrogen-bond donors (Lipinski definition) is 2. The molecule has 0 bridgehead atoms. The van der Waals surface area contributed by atoms with Crippen molar-refractivity contribution in [3.8, 4) is 5.75 Å². The molecule has 0 saturated heterocycles. The van der Waals surface area contributed by atoms with E-state index in [9.17, 15) is 5.11 Å². The van der Waals surface area contributed by atoms with Crippen molar-refractivity contribution in [2.75, 3.05) is 20.1 Å². The van der Waals surface area contributed by atoms with Gasteiger partial charge in [0.15, 0.2) is 0 Å². The van der Waals surface area contributed by atoms with Gasteiger partial charge in [0.25, 0.3) is 0 Å². The van der Waals surface area contributed by atoms with Gasteiger partial charge in [0.05, 0.1) is 4.47 Å². The minimum atomic E-state index is 0.343. The van der Waals surface area contributed by atoms with Gasteiger partial charge in [-0.1, -0.05) is 12.1 Å². The largest absolute Gasteiger partial charge is 0.506 e. The molecule has 0 unspecified atom stereocenters. The van der Waals surface area contributed by atoms with E-state index in [-0.39, 0.29) is 0 Å². The Morgan fingerprint density at radius 3 is 2.94 bits per heavy atom. The van der Waals surface area contributed by atoms with Crippen molar-refractivity contribution in [3.05, 3.63) is 28.2 Å². The lowest BCUT2D eigenvalue weighted by atomic mass is 10.2. The summed E-state index contributed by atoms with van der Waals surface area (Å²) in [5.74, 6) is 0.343. The first-order valence-electron chi connectivity index (χ1n) is 6.06. The number of likely N-dealkylation sites (N-methyl/N-ethyl adjacent to an activating group) is 1. The summed E-state index contributed by atoms with van der Waals surface area (Å²) >= 11 is 3.32. The molecule has 1 fully saturated rings. The quantitative estimate of drug-likeness (QED) is 0.792. The van der Waals surface area contributed by atoms with Gasteiger partial charge < -0.3 is 15.3 Å². The van der Waals surface area contributed by atoms with Gasteiger partial charge in [-0.05, 0) is 41.9 Å². The van der Waals surface area contributed by atoms with Gasteiger partial charge in [-0.2, -0.15) is 0 Å². The average Bonchev–Trinajstić information content (AvgIpc) is 3.13. The summed E-state index contributed by atoms with van der Waals surface area (Å²) in [5, 5.41) is 13.2. The summed E-state index contributed by atoms with van der Waals surface area (Å²) in [4.78, 5) is 2.40. The van der Waals surface area contributed by atoms with Crippen molar-refractivity contribution < 1.29 is 5.11 Å². The number of halogens is 1. The number of para-hydroxylation sites is 1. The molecular weight excluding hydrogens is 280 g/mol. The Labute approximate surface area is 111 Å². The van der Waals surface area contributed by atoms with E-state index < -0.39 is 0 Å². The lowest BCUT2D eigenvalue weighted by Crippen LogP contribution is -2.30. The Morgan fingerprint density at radius 2 is 2.24 bits per heavy atom. The predicted molar refractivity (Wildman–Crippen MR) is 73.2 cm³/mol. The van der Waals surface area contributed by atoms with Crippen molar-refractivity contribution in [2.24, 2.45) is 0 Å². The summed E-state index contributed by atoms with van der Waals surface area (Å²) < 4.78 is 0.756. The van der Waals surface area contributed by atoms with Crippen molar-refractivity contribution in [3.63, 3.8) is 0 Å². The Balaban J connectivity index is 1.72. The summed E-state index contributed by atoms with van der Waals surface area (Å²) in [6.45, 7) is 2.74. The molecule has 94 valence electrons. The first kappa shape index (κ1) is 12.9. The number of benzene rings is 1. The smallest absolute Gasteiger partial charge is 0.134 e. The van der Waals surface area contributed by atoms with Crippen molar-refractivity contribution in [1.29, 1.82) is 0 Å². The topological polar surface area (TPSA) is 35.5 Å². The molecule has 0 aromatic heterocycles. The average molecular weight is 299 g/mol. The van der Waals surface area contributed by atoms with Crippen LogP contribution in [0.3, 0.4) is 0 Å². The zero-order chi connectivity index (χ0) is 12.3. The molecule has 4 heteroatoms. The molecule has 2 N–H and O–H groups in total. The number of hydrogen-bond acceptors (Lipinski definition) is 3. The van der Waals surface area contributed by atoms with Gasteiger partial charge in [0.2, 0.25) is 0 Å². The lowest BCUT2D eigenvalue weighted by Gasteiger charge is -2.16. The second kappa shape index (κ2) is 5.85. The lowest BCUT2D eigenvalue weighted by molar-refractivity contribution is 0.321. The SMILES string of the molecule is CN(CCNCc1cccc(Br)c1O)C1CC1. The second-order valence-corrected chi connectivity index (χ2v) is 5.49. The van der Waals surface area contributed by atoms with Crippen LogP contribution in [0.5, 0.6) is 5.75 Å². The molecule has 0 heterocycles. The van der Waals surface area contributed by atoms with E-state index in [4.69, 9.17) is 0 Å². The third kappa shape index (κ3) is 3.69. The minimum Gasteiger partial charge on any atom is -0.506 e.